The molecule has 0 saturated heterocycles. The van der Waals surface area contributed by atoms with Gasteiger partial charge in [-0.3, -0.25) is 4.79 Å². The SMILES string of the molecule is CC(C)Oc1ccc(Oc2ncc(C(F)(F)F)cc2C(=O)Nc2cccc(S(C)(=N)=O)c2)c(F)c1. The molecule has 3 rings (SSSR count). The zero-order valence-corrected chi connectivity index (χ0v) is 19.6. The van der Waals surface area contributed by atoms with Crippen molar-refractivity contribution in [1.82, 2.24) is 4.98 Å². The van der Waals surface area contributed by atoms with Gasteiger partial charge in [0.1, 0.15) is 11.3 Å². The van der Waals surface area contributed by atoms with Crippen molar-refractivity contribution in [3.8, 4) is 17.4 Å². The van der Waals surface area contributed by atoms with E-state index in [1.54, 1.807) is 13.8 Å². The summed E-state index contributed by atoms with van der Waals surface area (Å²) in [4.78, 5) is 16.6. The second-order valence-electron chi connectivity index (χ2n) is 7.76. The number of hydrogen-bond donors (Lipinski definition) is 2. The molecule has 0 saturated carbocycles. The lowest BCUT2D eigenvalue weighted by molar-refractivity contribution is -0.137. The van der Waals surface area contributed by atoms with E-state index in [0.717, 1.165) is 6.07 Å². The number of benzene rings is 2. The minimum atomic E-state index is -4.81. The number of nitrogens with one attached hydrogen (secondary N) is 2. The van der Waals surface area contributed by atoms with Crippen molar-refractivity contribution in [2.45, 2.75) is 31.0 Å². The number of carbonyl (C=O) groups is 1. The summed E-state index contributed by atoms with van der Waals surface area (Å²) in [7, 11) is -3.11. The average molecular weight is 511 g/mol. The molecule has 3 aromatic rings. The number of alkyl halides is 3. The molecule has 0 aliphatic rings. The summed E-state index contributed by atoms with van der Waals surface area (Å²) >= 11 is 0. The maximum absolute atomic E-state index is 14.5. The number of amides is 1. The summed E-state index contributed by atoms with van der Waals surface area (Å²) in [5.41, 5.74) is -1.75. The highest BCUT2D eigenvalue weighted by molar-refractivity contribution is 7.91. The Bertz CT molecular complexity index is 1360. The quantitative estimate of drug-likeness (QED) is 0.373. The van der Waals surface area contributed by atoms with Crippen LogP contribution in [0.2, 0.25) is 0 Å². The van der Waals surface area contributed by atoms with Crippen molar-refractivity contribution in [1.29, 1.82) is 4.78 Å². The highest BCUT2D eigenvalue weighted by Crippen LogP contribution is 2.34. The van der Waals surface area contributed by atoms with Crippen LogP contribution in [-0.2, 0) is 15.9 Å². The molecule has 12 heteroatoms. The first-order chi connectivity index (χ1) is 16.2. The van der Waals surface area contributed by atoms with Gasteiger partial charge in [0.15, 0.2) is 11.6 Å². The van der Waals surface area contributed by atoms with E-state index in [9.17, 15) is 26.6 Å². The van der Waals surface area contributed by atoms with E-state index in [0.29, 0.717) is 12.3 Å². The summed E-state index contributed by atoms with van der Waals surface area (Å²) in [6.07, 6.45) is -3.38. The maximum atomic E-state index is 14.5. The Hall–Kier alpha value is -3.67. The van der Waals surface area contributed by atoms with Gasteiger partial charge in [-0.2, -0.15) is 13.2 Å². The van der Waals surface area contributed by atoms with Crippen LogP contribution in [0.1, 0.15) is 29.8 Å². The second-order valence-corrected chi connectivity index (χ2v) is 9.92. The summed E-state index contributed by atoms with van der Waals surface area (Å²) in [6, 6.07) is 9.68. The predicted octanol–water partition coefficient (Wildman–Crippen LogP) is 6.11. The molecule has 1 amide bonds. The third-order valence-corrected chi connectivity index (χ3v) is 5.60. The molecular weight excluding hydrogens is 490 g/mol. The Morgan fingerprint density at radius 2 is 1.86 bits per heavy atom. The van der Waals surface area contributed by atoms with E-state index in [1.807, 2.05) is 0 Å². The van der Waals surface area contributed by atoms with Gasteiger partial charge in [0.25, 0.3) is 5.91 Å². The van der Waals surface area contributed by atoms with E-state index in [4.69, 9.17) is 14.3 Å². The fourth-order valence-corrected chi connectivity index (χ4v) is 3.57. The fourth-order valence-electron chi connectivity index (χ4n) is 2.88. The van der Waals surface area contributed by atoms with Crippen LogP contribution < -0.4 is 14.8 Å². The summed E-state index contributed by atoms with van der Waals surface area (Å²) in [6.45, 7) is 3.50. The zero-order valence-electron chi connectivity index (χ0n) is 18.8. The minimum absolute atomic E-state index is 0.0825. The molecule has 0 fully saturated rings. The van der Waals surface area contributed by atoms with E-state index in [2.05, 4.69) is 10.3 Å². The molecule has 1 atom stereocenters. The molecular formula is C23H21F4N3O4S. The largest absolute Gasteiger partial charge is 0.491 e. The van der Waals surface area contributed by atoms with Crippen LogP contribution in [0.25, 0.3) is 0 Å². The Morgan fingerprint density at radius 1 is 1.14 bits per heavy atom. The lowest BCUT2D eigenvalue weighted by Crippen LogP contribution is -2.16. The van der Waals surface area contributed by atoms with Crippen LogP contribution in [0.3, 0.4) is 0 Å². The first-order valence-corrected chi connectivity index (χ1v) is 12.1. The van der Waals surface area contributed by atoms with Crippen molar-refractivity contribution in [3.63, 3.8) is 0 Å². The van der Waals surface area contributed by atoms with E-state index >= 15 is 0 Å². The van der Waals surface area contributed by atoms with Gasteiger partial charge >= 0.3 is 6.18 Å². The van der Waals surface area contributed by atoms with Gasteiger partial charge in [0.2, 0.25) is 5.88 Å². The number of halogens is 4. The number of anilines is 1. The number of rotatable bonds is 7. The fraction of sp³-hybridized carbons (Fsp3) is 0.217. The normalized spacial score (nSPS) is 13.3. The van der Waals surface area contributed by atoms with Crippen LogP contribution >= 0.6 is 0 Å². The Morgan fingerprint density at radius 3 is 2.46 bits per heavy atom. The van der Waals surface area contributed by atoms with Crippen molar-refractivity contribution < 1.29 is 36.0 Å². The van der Waals surface area contributed by atoms with Gasteiger partial charge in [0.05, 0.1) is 21.4 Å². The van der Waals surface area contributed by atoms with Crippen LogP contribution in [0, 0.1) is 10.6 Å². The van der Waals surface area contributed by atoms with Crippen molar-refractivity contribution in [2.75, 3.05) is 11.6 Å². The molecule has 1 unspecified atom stereocenters. The Balaban J connectivity index is 1.98. The number of aromatic nitrogens is 1. The Labute approximate surface area is 199 Å². The van der Waals surface area contributed by atoms with Crippen LogP contribution in [0.4, 0.5) is 23.2 Å². The molecule has 2 N–H and O–H groups in total. The number of carbonyl (C=O) groups excluding carboxylic acids is 1. The molecule has 1 aromatic heterocycles. The lowest BCUT2D eigenvalue weighted by Gasteiger charge is -2.15. The average Bonchev–Trinajstić information content (AvgIpc) is 2.74. The van der Waals surface area contributed by atoms with Gasteiger partial charge in [-0.05, 0) is 50.2 Å². The van der Waals surface area contributed by atoms with E-state index < -0.39 is 44.6 Å². The monoisotopic (exact) mass is 511 g/mol. The summed E-state index contributed by atoms with van der Waals surface area (Å²) in [5.74, 6) is -2.65. The first-order valence-electron chi connectivity index (χ1n) is 10.1. The molecule has 0 bridgehead atoms. The minimum Gasteiger partial charge on any atom is -0.491 e. The molecule has 2 aromatic carbocycles. The molecule has 0 aliphatic carbocycles. The van der Waals surface area contributed by atoms with Gasteiger partial charge < -0.3 is 14.8 Å². The smallest absolute Gasteiger partial charge is 0.417 e. The molecule has 7 nitrogen and oxygen atoms in total. The molecule has 35 heavy (non-hydrogen) atoms. The third kappa shape index (κ3) is 6.69. The predicted molar refractivity (Wildman–Crippen MR) is 121 cm³/mol. The maximum Gasteiger partial charge on any atom is 0.417 e. The third-order valence-electron chi connectivity index (χ3n) is 4.45. The molecule has 0 radical (unpaired) electrons. The molecule has 186 valence electrons. The summed E-state index contributed by atoms with van der Waals surface area (Å²) in [5, 5.41) is 2.37. The molecule has 0 spiro atoms. The van der Waals surface area contributed by atoms with Gasteiger partial charge in [-0.25, -0.2) is 18.4 Å². The van der Waals surface area contributed by atoms with Crippen LogP contribution in [-0.4, -0.2) is 27.5 Å². The molecule has 1 heterocycles. The van der Waals surface area contributed by atoms with E-state index in [-0.39, 0.29) is 28.2 Å². The summed E-state index contributed by atoms with van der Waals surface area (Å²) < 4.78 is 84.7. The second kappa shape index (κ2) is 9.90. The zero-order chi connectivity index (χ0) is 26.0. The van der Waals surface area contributed by atoms with Crippen LogP contribution in [0.5, 0.6) is 17.4 Å². The van der Waals surface area contributed by atoms with Crippen molar-refractivity contribution in [2.24, 2.45) is 0 Å². The van der Waals surface area contributed by atoms with Crippen LogP contribution in [0.15, 0.2) is 59.6 Å². The van der Waals surface area contributed by atoms with Gasteiger partial charge in [0, 0.05) is 29.1 Å². The van der Waals surface area contributed by atoms with Gasteiger partial charge in [-0.1, -0.05) is 6.07 Å². The standard InChI is InChI=1S/C23H21F4N3O4S/c1-13(2)33-16-7-8-20(19(24)11-16)34-22-18(9-14(12-29-22)23(25,26)27)21(31)30-15-5-4-6-17(10-15)35(3,28)32/h4-13,28H,1-3H3,(H,30,31). The van der Waals surface area contributed by atoms with Crippen molar-refractivity contribution in [3.05, 3.63) is 71.7 Å². The van der Waals surface area contributed by atoms with Crippen molar-refractivity contribution >= 4 is 21.3 Å². The number of pyridine rings is 1. The molecule has 0 aliphatic heterocycles. The highest BCUT2D eigenvalue weighted by Gasteiger charge is 2.33. The number of nitrogens with zero attached hydrogens (tertiary/aromatic N) is 1. The lowest BCUT2D eigenvalue weighted by atomic mass is 10.1. The number of hydrogen-bond acceptors (Lipinski definition) is 6. The highest BCUT2D eigenvalue weighted by atomic mass is 32.2. The van der Waals surface area contributed by atoms with Gasteiger partial charge in [-0.15, -0.1) is 0 Å². The topological polar surface area (TPSA) is 101 Å². The first kappa shape index (κ1) is 25.9. The van der Waals surface area contributed by atoms with E-state index in [1.165, 1.54) is 42.7 Å². The Kier molecular flexibility index (Phi) is 7.34. The number of ether oxygens (including phenoxy) is 2.